The molecule has 1 amide bonds. The van der Waals surface area contributed by atoms with E-state index in [4.69, 9.17) is 9.47 Å². The predicted octanol–water partition coefficient (Wildman–Crippen LogP) is 2.26. The van der Waals surface area contributed by atoms with Crippen LogP contribution in [-0.2, 0) is 14.8 Å². The fraction of sp³-hybridized carbons (Fsp3) is 0.381. The van der Waals surface area contributed by atoms with Gasteiger partial charge >= 0.3 is 0 Å². The van der Waals surface area contributed by atoms with Gasteiger partial charge in [-0.25, -0.2) is 8.42 Å². The third-order valence-electron chi connectivity index (χ3n) is 5.93. The number of nitro benzene ring substituents is 1. The van der Waals surface area contributed by atoms with Crippen LogP contribution in [0.4, 0.5) is 5.69 Å². The van der Waals surface area contributed by atoms with Crippen molar-refractivity contribution in [3.63, 3.8) is 0 Å². The summed E-state index contributed by atoms with van der Waals surface area (Å²) in [6.45, 7) is 0.916. The Labute approximate surface area is 185 Å². The Morgan fingerprint density at radius 1 is 1.09 bits per heavy atom. The lowest BCUT2D eigenvalue weighted by Gasteiger charge is -2.42. The number of amides is 1. The van der Waals surface area contributed by atoms with Crippen molar-refractivity contribution in [2.75, 3.05) is 33.4 Å². The molecule has 2 fully saturated rings. The summed E-state index contributed by atoms with van der Waals surface area (Å²) in [5, 5.41) is 11.3. The molecule has 2 aromatic carbocycles. The van der Waals surface area contributed by atoms with Crippen molar-refractivity contribution in [3.05, 3.63) is 64.2 Å². The second kappa shape index (κ2) is 8.49. The number of carbonyl (C=O) groups excluding carboxylic acids is 1. The van der Waals surface area contributed by atoms with Gasteiger partial charge in [0.05, 0.1) is 23.5 Å². The van der Waals surface area contributed by atoms with E-state index in [9.17, 15) is 23.3 Å². The van der Waals surface area contributed by atoms with E-state index in [2.05, 4.69) is 0 Å². The van der Waals surface area contributed by atoms with Crippen molar-refractivity contribution in [1.82, 2.24) is 9.21 Å². The zero-order valence-electron chi connectivity index (χ0n) is 17.5. The number of para-hydroxylation sites is 1. The Hall–Kier alpha value is -3.02. The lowest BCUT2D eigenvalue weighted by atomic mass is 9.99. The highest BCUT2D eigenvalue weighted by atomic mass is 32.2. The van der Waals surface area contributed by atoms with Crippen molar-refractivity contribution in [3.8, 4) is 5.75 Å². The second-order valence-electron chi connectivity index (χ2n) is 7.61. The molecule has 1 spiro atoms. The van der Waals surface area contributed by atoms with Crippen LogP contribution in [-0.4, -0.2) is 67.5 Å². The highest BCUT2D eigenvalue weighted by Crippen LogP contribution is 2.39. The first-order valence-electron chi connectivity index (χ1n) is 10.1. The Morgan fingerprint density at radius 3 is 2.38 bits per heavy atom. The molecule has 10 nitrogen and oxygen atoms in total. The van der Waals surface area contributed by atoms with E-state index in [0.29, 0.717) is 5.75 Å². The largest absolute Gasteiger partial charge is 0.497 e. The summed E-state index contributed by atoms with van der Waals surface area (Å²) in [7, 11) is -2.31. The smallest absolute Gasteiger partial charge is 0.282 e. The van der Waals surface area contributed by atoms with Gasteiger partial charge in [0.1, 0.15) is 17.0 Å². The molecular formula is C21H23N3O7S. The molecule has 2 saturated heterocycles. The minimum Gasteiger partial charge on any atom is -0.497 e. The zero-order chi connectivity index (χ0) is 22.9. The van der Waals surface area contributed by atoms with E-state index in [-0.39, 0.29) is 55.2 Å². The summed E-state index contributed by atoms with van der Waals surface area (Å²) in [4.78, 5) is 25.3. The molecule has 0 aromatic heterocycles. The molecule has 2 aromatic rings. The molecule has 0 saturated carbocycles. The first kappa shape index (κ1) is 22.2. The molecule has 2 heterocycles. The molecular weight excluding hydrogens is 438 g/mol. The van der Waals surface area contributed by atoms with Crippen molar-refractivity contribution < 1.29 is 27.6 Å². The van der Waals surface area contributed by atoms with Crippen molar-refractivity contribution >= 4 is 21.6 Å². The quantitative estimate of drug-likeness (QED) is 0.495. The second-order valence-corrected chi connectivity index (χ2v) is 9.48. The number of hydrogen-bond donors (Lipinski definition) is 0. The molecule has 11 heteroatoms. The highest BCUT2D eigenvalue weighted by molar-refractivity contribution is 7.89. The maximum absolute atomic E-state index is 13.3. The molecule has 4 rings (SSSR count). The van der Waals surface area contributed by atoms with Gasteiger partial charge in [-0.2, -0.15) is 4.31 Å². The molecule has 2 aliphatic rings. The van der Waals surface area contributed by atoms with Gasteiger partial charge < -0.3 is 14.4 Å². The number of nitro groups is 1. The molecule has 0 atom stereocenters. The van der Waals surface area contributed by atoms with Gasteiger partial charge in [0.25, 0.3) is 11.6 Å². The average molecular weight is 461 g/mol. The van der Waals surface area contributed by atoms with E-state index in [0.717, 1.165) is 0 Å². The topological polar surface area (TPSA) is 119 Å². The van der Waals surface area contributed by atoms with E-state index < -0.39 is 26.6 Å². The molecule has 0 N–H and O–H groups in total. The molecule has 0 bridgehead atoms. The minimum atomic E-state index is -3.82. The fourth-order valence-corrected chi connectivity index (χ4v) is 5.97. The SMILES string of the molecule is COc1ccc(S(=O)(=O)N2CCOC23CCN(C(=O)c2ccccc2[N+](=O)[O-])CC3)cc1. The van der Waals surface area contributed by atoms with E-state index in [1.807, 2.05) is 0 Å². The van der Waals surface area contributed by atoms with E-state index >= 15 is 0 Å². The normalized spacial score (nSPS) is 18.6. The Bertz CT molecular complexity index is 1130. The lowest BCUT2D eigenvalue weighted by molar-refractivity contribution is -0.385. The number of methoxy groups -OCH3 is 1. The number of likely N-dealkylation sites (tertiary alicyclic amines) is 1. The van der Waals surface area contributed by atoms with Crippen LogP contribution in [0.5, 0.6) is 5.75 Å². The summed E-state index contributed by atoms with van der Waals surface area (Å²) in [6, 6.07) is 12.0. The number of hydrogen-bond acceptors (Lipinski definition) is 7. The van der Waals surface area contributed by atoms with Gasteiger partial charge in [-0.15, -0.1) is 0 Å². The Balaban J connectivity index is 1.53. The van der Waals surface area contributed by atoms with Gasteiger partial charge in [0, 0.05) is 38.5 Å². The van der Waals surface area contributed by atoms with Crippen LogP contribution in [0.1, 0.15) is 23.2 Å². The summed E-state index contributed by atoms with van der Waals surface area (Å²) in [6.07, 6.45) is 0.545. The molecule has 0 radical (unpaired) electrons. The number of nitrogens with zero attached hydrogens (tertiary/aromatic N) is 3. The molecule has 0 unspecified atom stereocenters. The van der Waals surface area contributed by atoms with Crippen molar-refractivity contribution in [2.45, 2.75) is 23.5 Å². The Kier molecular flexibility index (Phi) is 5.89. The van der Waals surface area contributed by atoms with E-state index in [1.165, 1.54) is 46.6 Å². The average Bonchev–Trinajstić information content (AvgIpc) is 3.23. The monoisotopic (exact) mass is 461 g/mol. The van der Waals surface area contributed by atoms with Crippen LogP contribution in [0.3, 0.4) is 0 Å². The number of benzene rings is 2. The number of piperidine rings is 1. The van der Waals surface area contributed by atoms with Crippen molar-refractivity contribution in [1.29, 1.82) is 0 Å². The van der Waals surface area contributed by atoms with Gasteiger partial charge in [0.2, 0.25) is 10.0 Å². The fourth-order valence-electron chi connectivity index (χ4n) is 4.25. The number of rotatable bonds is 5. The Morgan fingerprint density at radius 2 is 1.75 bits per heavy atom. The first-order valence-corrected chi connectivity index (χ1v) is 11.6. The predicted molar refractivity (Wildman–Crippen MR) is 114 cm³/mol. The van der Waals surface area contributed by atoms with E-state index in [1.54, 1.807) is 18.2 Å². The summed E-state index contributed by atoms with van der Waals surface area (Å²) < 4.78 is 39.0. The first-order chi connectivity index (χ1) is 15.3. The number of sulfonamides is 1. The third kappa shape index (κ3) is 3.83. The van der Waals surface area contributed by atoms with Crippen LogP contribution >= 0.6 is 0 Å². The number of ether oxygens (including phenoxy) is 2. The van der Waals surface area contributed by atoms with Gasteiger partial charge in [-0.3, -0.25) is 14.9 Å². The maximum atomic E-state index is 13.3. The molecule has 2 aliphatic heterocycles. The standard InChI is InChI=1S/C21H23N3O7S/c1-30-16-6-8-17(9-7-16)32(28,29)23-14-15-31-21(23)10-12-22(13-11-21)20(25)18-4-2-3-5-19(18)24(26)27/h2-9H,10-15H2,1H3. The van der Waals surface area contributed by atoms with Crippen LogP contribution in [0.2, 0.25) is 0 Å². The van der Waals surface area contributed by atoms with Gasteiger partial charge in [0.15, 0.2) is 0 Å². The molecule has 170 valence electrons. The van der Waals surface area contributed by atoms with Crippen molar-refractivity contribution in [2.24, 2.45) is 0 Å². The summed E-state index contributed by atoms with van der Waals surface area (Å²) >= 11 is 0. The number of carbonyl (C=O) groups is 1. The summed E-state index contributed by atoms with van der Waals surface area (Å²) in [5.74, 6) is 0.105. The minimum absolute atomic E-state index is 0.0171. The molecule has 0 aliphatic carbocycles. The third-order valence-corrected chi connectivity index (χ3v) is 7.89. The van der Waals surface area contributed by atoms with Crippen LogP contribution in [0.25, 0.3) is 0 Å². The molecule has 32 heavy (non-hydrogen) atoms. The maximum Gasteiger partial charge on any atom is 0.282 e. The zero-order valence-corrected chi connectivity index (χ0v) is 18.3. The van der Waals surface area contributed by atoms with Crippen LogP contribution in [0, 0.1) is 10.1 Å². The lowest BCUT2D eigenvalue weighted by Crippen LogP contribution is -2.55. The highest BCUT2D eigenvalue weighted by Gasteiger charge is 2.51. The summed E-state index contributed by atoms with van der Waals surface area (Å²) in [5.41, 5.74) is -1.28. The van der Waals surface area contributed by atoms with Crippen LogP contribution < -0.4 is 4.74 Å². The van der Waals surface area contributed by atoms with Gasteiger partial charge in [-0.05, 0) is 30.3 Å². The van der Waals surface area contributed by atoms with Crippen LogP contribution in [0.15, 0.2) is 53.4 Å². The van der Waals surface area contributed by atoms with Gasteiger partial charge in [-0.1, -0.05) is 12.1 Å².